The van der Waals surface area contributed by atoms with Gasteiger partial charge in [-0.25, -0.2) is 4.79 Å². The lowest BCUT2D eigenvalue weighted by atomic mass is 10.1. The van der Waals surface area contributed by atoms with Gasteiger partial charge in [-0.3, -0.25) is 0 Å². The molecule has 1 aromatic rings. The van der Waals surface area contributed by atoms with Gasteiger partial charge in [-0.2, -0.15) is 0 Å². The smallest absolute Gasteiger partial charge is 0.338 e. The molecule has 0 atom stereocenters. The van der Waals surface area contributed by atoms with E-state index in [1.54, 1.807) is 0 Å². The van der Waals surface area contributed by atoms with Crippen LogP contribution in [-0.4, -0.2) is 123 Å². The first-order valence-electron chi connectivity index (χ1n) is 16.3. The molecular weight excluding hydrogens is 572 g/mol. The van der Waals surface area contributed by atoms with Gasteiger partial charge in [-0.05, 0) is 30.7 Å². The molecule has 1 rings (SSSR count). The van der Waals surface area contributed by atoms with Crippen LogP contribution in [0.15, 0.2) is 24.3 Å². The van der Waals surface area contributed by atoms with E-state index in [-0.39, 0.29) is 19.0 Å². The monoisotopic (exact) mass is 630 g/mol. The lowest BCUT2D eigenvalue weighted by Crippen LogP contribution is -2.15. The molecule has 1 aromatic carbocycles. The number of hydrogen-bond acceptors (Lipinski definition) is 11. The molecule has 11 heteroatoms. The first-order valence-corrected chi connectivity index (χ1v) is 16.3. The Labute approximate surface area is 264 Å². The van der Waals surface area contributed by atoms with Crippen LogP contribution in [0, 0.1) is 0 Å². The Hall–Kier alpha value is -1.83. The zero-order valence-corrected chi connectivity index (χ0v) is 27.0. The Kier molecular flexibility index (Phi) is 29.7. The minimum atomic E-state index is -0.457. The Morgan fingerprint density at radius 3 is 1.16 bits per heavy atom. The number of rotatable bonds is 34. The number of carbonyl (C=O) groups excluding carboxylic acids is 1. The van der Waals surface area contributed by atoms with E-state index in [0.29, 0.717) is 98.1 Å². The zero-order valence-electron chi connectivity index (χ0n) is 27.0. The Balaban J connectivity index is 1.65. The normalized spacial score (nSPS) is 11.3. The van der Waals surface area contributed by atoms with Gasteiger partial charge in [0, 0.05) is 6.61 Å². The minimum absolute atomic E-state index is 0.0981. The second kappa shape index (κ2) is 32.6. The highest BCUT2D eigenvalue weighted by Crippen LogP contribution is 2.10. The second-order valence-electron chi connectivity index (χ2n) is 10.1. The van der Waals surface area contributed by atoms with Gasteiger partial charge in [-0.1, -0.05) is 51.9 Å². The van der Waals surface area contributed by atoms with Crippen LogP contribution in [0.1, 0.15) is 68.6 Å². The third kappa shape index (κ3) is 27.7. The number of unbranched alkanes of at least 4 members (excludes halogenated alkanes) is 7. The van der Waals surface area contributed by atoms with Crippen molar-refractivity contribution in [1.82, 2.24) is 0 Å². The molecule has 44 heavy (non-hydrogen) atoms. The number of esters is 1. The molecule has 0 aromatic heterocycles. The highest BCUT2D eigenvalue weighted by atomic mass is 16.6. The zero-order chi connectivity index (χ0) is 31.6. The van der Waals surface area contributed by atoms with Crippen molar-refractivity contribution >= 4 is 5.97 Å². The SMILES string of the molecule is CCCCCCCCCCOCCOCCOCCOCCOCCOCCOCCOCCOC(=O)c1ccc(O)cc1. The van der Waals surface area contributed by atoms with Crippen LogP contribution in [0.3, 0.4) is 0 Å². The molecule has 11 nitrogen and oxygen atoms in total. The van der Waals surface area contributed by atoms with Crippen molar-refractivity contribution in [2.45, 2.75) is 58.3 Å². The van der Waals surface area contributed by atoms with E-state index < -0.39 is 5.97 Å². The van der Waals surface area contributed by atoms with E-state index in [0.717, 1.165) is 13.0 Å². The molecular formula is C33H58O11. The minimum Gasteiger partial charge on any atom is -0.508 e. The average molecular weight is 631 g/mol. The fourth-order valence-corrected chi connectivity index (χ4v) is 3.85. The predicted molar refractivity (Wildman–Crippen MR) is 168 cm³/mol. The summed E-state index contributed by atoms with van der Waals surface area (Å²) in [4.78, 5) is 11.8. The third-order valence-corrected chi connectivity index (χ3v) is 6.31. The van der Waals surface area contributed by atoms with Crippen LogP contribution in [0.4, 0.5) is 0 Å². The number of benzene rings is 1. The molecule has 0 saturated heterocycles. The molecule has 1 N–H and O–H groups in total. The number of ether oxygens (including phenoxy) is 9. The van der Waals surface area contributed by atoms with E-state index >= 15 is 0 Å². The molecule has 0 heterocycles. The summed E-state index contributed by atoms with van der Waals surface area (Å²) in [5, 5.41) is 9.23. The van der Waals surface area contributed by atoms with Crippen molar-refractivity contribution in [3.05, 3.63) is 29.8 Å². The van der Waals surface area contributed by atoms with Crippen molar-refractivity contribution in [1.29, 1.82) is 0 Å². The summed E-state index contributed by atoms with van der Waals surface area (Å²) >= 11 is 0. The van der Waals surface area contributed by atoms with Crippen molar-refractivity contribution in [2.75, 3.05) is 112 Å². The fourth-order valence-electron chi connectivity index (χ4n) is 3.85. The van der Waals surface area contributed by atoms with E-state index in [1.165, 1.54) is 69.2 Å². The van der Waals surface area contributed by atoms with Crippen LogP contribution in [0.5, 0.6) is 5.75 Å². The lowest BCUT2D eigenvalue weighted by Gasteiger charge is -2.09. The number of phenolic OH excluding ortho intramolecular Hbond substituents is 1. The van der Waals surface area contributed by atoms with Crippen LogP contribution < -0.4 is 0 Å². The van der Waals surface area contributed by atoms with Crippen LogP contribution in [0.2, 0.25) is 0 Å². The lowest BCUT2D eigenvalue weighted by molar-refractivity contribution is -0.0244. The Morgan fingerprint density at radius 2 is 0.773 bits per heavy atom. The number of hydrogen-bond donors (Lipinski definition) is 1. The van der Waals surface area contributed by atoms with Crippen LogP contribution >= 0.6 is 0 Å². The van der Waals surface area contributed by atoms with E-state index in [9.17, 15) is 9.90 Å². The number of carbonyl (C=O) groups is 1. The van der Waals surface area contributed by atoms with Crippen LogP contribution in [-0.2, 0) is 42.6 Å². The predicted octanol–water partition coefficient (Wildman–Crippen LogP) is 4.82. The van der Waals surface area contributed by atoms with Crippen molar-refractivity contribution in [2.24, 2.45) is 0 Å². The summed E-state index contributed by atoms with van der Waals surface area (Å²) in [5.41, 5.74) is 0.379. The Morgan fingerprint density at radius 1 is 0.455 bits per heavy atom. The van der Waals surface area contributed by atoms with Gasteiger partial charge in [0.15, 0.2) is 0 Å². The third-order valence-electron chi connectivity index (χ3n) is 6.31. The molecule has 0 aliphatic rings. The number of phenols is 1. The summed E-state index contributed by atoms with van der Waals surface area (Å²) in [6.45, 7) is 10.6. The summed E-state index contributed by atoms with van der Waals surface area (Å²) in [7, 11) is 0. The maximum absolute atomic E-state index is 11.8. The van der Waals surface area contributed by atoms with Gasteiger partial charge in [0.1, 0.15) is 12.4 Å². The number of aromatic hydroxyl groups is 1. The molecule has 0 bridgehead atoms. The van der Waals surface area contributed by atoms with Gasteiger partial charge in [-0.15, -0.1) is 0 Å². The average Bonchev–Trinajstić information content (AvgIpc) is 3.03. The molecule has 0 radical (unpaired) electrons. The quantitative estimate of drug-likeness (QED) is 0.0833. The summed E-state index contributed by atoms with van der Waals surface area (Å²) in [5.74, 6) is -0.359. The molecule has 0 amide bonds. The largest absolute Gasteiger partial charge is 0.508 e. The molecule has 0 aliphatic carbocycles. The molecule has 256 valence electrons. The van der Waals surface area contributed by atoms with Gasteiger partial charge < -0.3 is 47.7 Å². The van der Waals surface area contributed by atoms with E-state index in [4.69, 9.17) is 42.6 Å². The van der Waals surface area contributed by atoms with Crippen molar-refractivity contribution in [3.63, 3.8) is 0 Å². The van der Waals surface area contributed by atoms with Gasteiger partial charge in [0.25, 0.3) is 0 Å². The molecule has 0 spiro atoms. The first kappa shape index (κ1) is 40.2. The molecule has 0 saturated carbocycles. The topological polar surface area (TPSA) is 120 Å². The van der Waals surface area contributed by atoms with Gasteiger partial charge in [0.05, 0.1) is 105 Å². The highest BCUT2D eigenvalue weighted by molar-refractivity contribution is 5.89. The summed E-state index contributed by atoms with van der Waals surface area (Å²) in [6, 6.07) is 5.88. The van der Waals surface area contributed by atoms with Crippen LogP contribution in [0.25, 0.3) is 0 Å². The maximum atomic E-state index is 11.8. The molecule has 0 aliphatic heterocycles. The van der Waals surface area contributed by atoms with Crippen molar-refractivity contribution in [3.8, 4) is 5.75 Å². The first-order chi connectivity index (χ1) is 21.7. The highest BCUT2D eigenvalue weighted by Gasteiger charge is 2.06. The van der Waals surface area contributed by atoms with E-state index in [2.05, 4.69) is 6.92 Å². The molecule has 0 unspecified atom stereocenters. The van der Waals surface area contributed by atoms with E-state index in [1.807, 2.05) is 0 Å². The second-order valence-corrected chi connectivity index (χ2v) is 10.1. The maximum Gasteiger partial charge on any atom is 0.338 e. The van der Waals surface area contributed by atoms with Gasteiger partial charge in [0.2, 0.25) is 0 Å². The van der Waals surface area contributed by atoms with Crippen molar-refractivity contribution < 1.29 is 52.5 Å². The Bertz CT molecular complexity index is 733. The summed E-state index contributed by atoms with van der Waals surface area (Å²) in [6.07, 6.45) is 10.5. The summed E-state index contributed by atoms with van der Waals surface area (Å²) < 4.78 is 48.9. The fraction of sp³-hybridized carbons (Fsp3) is 0.788. The van der Waals surface area contributed by atoms with Gasteiger partial charge >= 0.3 is 5.97 Å². The standard InChI is InChI=1S/C33H58O11/c1-2-3-4-5-6-7-8-9-14-36-15-16-37-17-18-38-19-20-39-21-22-40-23-24-41-25-26-42-27-28-43-29-30-44-33(35)31-10-12-32(34)13-11-31/h10-13,34H,2-9,14-30H2,1H3. The molecule has 0 fully saturated rings.